The van der Waals surface area contributed by atoms with Gasteiger partial charge in [-0.3, -0.25) is 0 Å². The third kappa shape index (κ3) is 4.35. The topological polar surface area (TPSA) is 20.2 Å². The third-order valence-corrected chi connectivity index (χ3v) is 3.15. The van der Waals surface area contributed by atoms with Crippen molar-refractivity contribution in [1.29, 1.82) is 0 Å². The van der Waals surface area contributed by atoms with Crippen LogP contribution in [0.2, 0.25) is 0 Å². The van der Waals surface area contributed by atoms with Crippen LogP contribution in [0.5, 0.6) is 0 Å². The molecule has 2 heteroatoms. The summed E-state index contributed by atoms with van der Waals surface area (Å²) in [5, 5.41) is 9.89. The van der Waals surface area contributed by atoms with E-state index >= 15 is 0 Å². The van der Waals surface area contributed by atoms with Crippen LogP contribution in [-0.2, 0) is 6.42 Å². The first-order chi connectivity index (χ1) is 6.89. The van der Waals surface area contributed by atoms with Crippen molar-refractivity contribution < 1.29 is 5.11 Å². The van der Waals surface area contributed by atoms with Crippen molar-refractivity contribution in [2.45, 2.75) is 39.7 Å². The van der Waals surface area contributed by atoms with E-state index < -0.39 is 0 Å². The number of aliphatic hydroxyl groups excluding tert-OH is 1. The Morgan fingerprint density at radius 3 is 2.20 bits per heavy atom. The fourth-order valence-electron chi connectivity index (χ4n) is 1.39. The van der Waals surface area contributed by atoms with Crippen molar-refractivity contribution in [2.24, 2.45) is 5.41 Å². The van der Waals surface area contributed by atoms with E-state index in [9.17, 15) is 5.11 Å². The molecule has 84 valence electrons. The minimum atomic E-state index is -0.235. The highest BCUT2D eigenvalue weighted by atomic mass is 79.9. The molecule has 0 aliphatic rings. The van der Waals surface area contributed by atoms with Crippen molar-refractivity contribution in [2.75, 3.05) is 0 Å². The maximum atomic E-state index is 9.89. The highest BCUT2D eigenvalue weighted by Crippen LogP contribution is 2.23. The Kier molecular flexibility index (Phi) is 4.35. The van der Waals surface area contributed by atoms with Crippen molar-refractivity contribution >= 4 is 15.9 Å². The van der Waals surface area contributed by atoms with Gasteiger partial charge in [0.2, 0.25) is 0 Å². The molecule has 0 amide bonds. The van der Waals surface area contributed by atoms with Gasteiger partial charge in [-0.25, -0.2) is 0 Å². The van der Waals surface area contributed by atoms with Gasteiger partial charge in [-0.05, 0) is 36.0 Å². The van der Waals surface area contributed by atoms with Gasteiger partial charge in [0.1, 0.15) is 0 Å². The molecule has 0 heterocycles. The average Bonchev–Trinajstić information content (AvgIpc) is 2.15. The second kappa shape index (κ2) is 5.13. The number of benzene rings is 1. The second-order valence-electron chi connectivity index (χ2n) is 5.05. The lowest BCUT2D eigenvalue weighted by molar-refractivity contribution is 0.0560. The highest BCUT2D eigenvalue weighted by Gasteiger charge is 2.21. The van der Waals surface area contributed by atoms with Gasteiger partial charge in [0.25, 0.3) is 0 Å². The summed E-state index contributed by atoms with van der Waals surface area (Å²) in [5.74, 6) is 0. The summed E-state index contributed by atoms with van der Waals surface area (Å²) in [6.45, 7) is 6.21. The Bertz CT molecular complexity index is 297. The van der Waals surface area contributed by atoms with E-state index in [4.69, 9.17) is 0 Å². The summed E-state index contributed by atoms with van der Waals surface area (Å²) < 4.78 is 1.10. The molecular formula is C13H19BrO. The van der Waals surface area contributed by atoms with Crippen LogP contribution in [0, 0.1) is 5.41 Å². The van der Waals surface area contributed by atoms with Gasteiger partial charge in [-0.2, -0.15) is 0 Å². The Morgan fingerprint density at radius 2 is 1.73 bits per heavy atom. The molecule has 1 aromatic rings. The lowest BCUT2D eigenvalue weighted by atomic mass is 9.86. The molecule has 15 heavy (non-hydrogen) atoms. The van der Waals surface area contributed by atoms with Gasteiger partial charge in [0.15, 0.2) is 0 Å². The minimum absolute atomic E-state index is 0.0185. The Balaban J connectivity index is 2.47. The van der Waals surface area contributed by atoms with Crippen molar-refractivity contribution in [3.05, 3.63) is 34.3 Å². The molecule has 0 aliphatic heterocycles. The standard InChI is InChI=1S/C13H19BrO/c1-13(2,3)12(15)9-6-10-4-7-11(14)8-5-10/h4-5,7-8,12,15H,6,9H2,1-3H3. The Hall–Kier alpha value is -0.340. The van der Waals surface area contributed by atoms with Crippen LogP contribution >= 0.6 is 15.9 Å². The Labute approximate surface area is 101 Å². The van der Waals surface area contributed by atoms with E-state index in [0.29, 0.717) is 0 Å². The van der Waals surface area contributed by atoms with Gasteiger partial charge in [0.05, 0.1) is 6.10 Å². The zero-order chi connectivity index (χ0) is 11.5. The molecule has 0 aliphatic carbocycles. The average molecular weight is 271 g/mol. The zero-order valence-electron chi connectivity index (χ0n) is 9.63. The first-order valence-corrected chi connectivity index (χ1v) is 6.11. The predicted octanol–water partition coefficient (Wildman–Crippen LogP) is 3.79. The van der Waals surface area contributed by atoms with Crippen LogP contribution in [0.1, 0.15) is 32.8 Å². The molecule has 1 rings (SSSR count). The maximum absolute atomic E-state index is 9.89. The molecule has 0 fully saturated rings. The summed E-state index contributed by atoms with van der Waals surface area (Å²) in [6.07, 6.45) is 1.53. The number of aryl methyl sites for hydroxylation is 1. The fourth-order valence-corrected chi connectivity index (χ4v) is 1.65. The van der Waals surface area contributed by atoms with E-state index in [1.54, 1.807) is 0 Å². The number of aliphatic hydroxyl groups is 1. The second-order valence-corrected chi connectivity index (χ2v) is 5.96. The summed E-state index contributed by atoms with van der Waals surface area (Å²) >= 11 is 3.41. The summed E-state index contributed by atoms with van der Waals surface area (Å²) in [6, 6.07) is 8.27. The molecule has 0 radical (unpaired) electrons. The number of halogens is 1. The van der Waals surface area contributed by atoms with Crippen molar-refractivity contribution in [3.8, 4) is 0 Å². The summed E-state index contributed by atoms with van der Waals surface area (Å²) in [4.78, 5) is 0. The van der Waals surface area contributed by atoms with E-state index in [1.807, 2.05) is 12.1 Å². The predicted molar refractivity (Wildman–Crippen MR) is 67.9 cm³/mol. The normalized spacial score (nSPS) is 13.9. The number of hydrogen-bond donors (Lipinski definition) is 1. The first kappa shape index (κ1) is 12.7. The molecule has 1 atom stereocenters. The van der Waals surface area contributed by atoms with E-state index in [0.717, 1.165) is 17.3 Å². The van der Waals surface area contributed by atoms with Crippen LogP contribution in [0.25, 0.3) is 0 Å². The molecule has 1 nitrogen and oxygen atoms in total. The largest absolute Gasteiger partial charge is 0.393 e. The quantitative estimate of drug-likeness (QED) is 0.886. The molecule has 0 spiro atoms. The summed E-state index contributed by atoms with van der Waals surface area (Å²) in [5.41, 5.74) is 1.26. The van der Waals surface area contributed by atoms with E-state index in [2.05, 4.69) is 48.8 Å². The van der Waals surface area contributed by atoms with E-state index in [-0.39, 0.29) is 11.5 Å². The van der Waals surface area contributed by atoms with Crippen LogP contribution in [-0.4, -0.2) is 11.2 Å². The van der Waals surface area contributed by atoms with Crippen LogP contribution in [0.3, 0.4) is 0 Å². The van der Waals surface area contributed by atoms with E-state index in [1.165, 1.54) is 5.56 Å². The van der Waals surface area contributed by atoms with Crippen molar-refractivity contribution in [3.63, 3.8) is 0 Å². The number of rotatable bonds is 3. The molecule has 1 aromatic carbocycles. The van der Waals surface area contributed by atoms with Gasteiger partial charge in [0, 0.05) is 4.47 Å². The Morgan fingerprint density at radius 1 is 1.20 bits per heavy atom. The summed E-state index contributed by atoms with van der Waals surface area (Å²) in [7, 11) is 0. The van der Waals surface area contributed by atoms with Gasteiger partial charge >= 0.3 is 0 Å². The van der Waals surface area contributed by atoms with Gasteiger partial charge < -0.3 is 5.11 Å². The van der Waals surface area contributed by atoms with Crippen LogP contribution in [0.4, 0.5) is 0 Å². The molecular weight excluding hydrogens is 252 g/mol. The monoisotopic (exact) mass is 270 g/mol. The highest BCUT2D eigenvalue weighted by molar-refractivity contribution is 9.10. The third-order valence-electron chi connectivity index (χ3n) is 2.62. The zero-order valence-corrected chi connectivity index (χ0v) is 11.2. The van der Waals surface area contributed by atoms with Gasteiger partial charge in [-0.1, -0.05) is 48.8 Å². The van der Waals surface area contributed by atoms with Crippen LogP contribution < -0.4 is 0 Å². The molecule has 0 saturated carbocycles. The SMILES string of the molecule is CC(C)(C)C(O)CCc1ccc(Br)cc1. The lowest BCUT2D eigenvalue weighted by Crippen LogP contribution is -2.26. The first-order valence-electron chi connectivity index (χ1n) is 5.32. The molecule has 1 N–H and O–H groups in total. The smallest absolute Gasteiger partial charge is 0.0591 e. The molecule has 1 unspecified atom stereocenters. The molecule has 0 aromatic heterocycles. The molecule has 0 saturated heterocycles. The maximum Gasteiger partial charge on any atom is 0.0591 e. The van der Waals surface area contributed by atoms with Gasteiger partial charge in [-0.15, -0.1) is 0 Å². The molecule has 0 bridgehead atoms. The lowest BCUT2D eigenvalue weighted by Gasteiger charge is -2.25. The number of hydrogen-bond acceptors (Lipinski definition) is 1. The minimum Gasteiger partial charge on any atom is -0.393 e. The fraction of sp³-hybridized carbons (Fsp3) is 0.538. The van der Waals surface area contributed by atoms with Crippen LogP contribution in [0.15, 0.2) is 28.7 Å². The van der Waals surface area contributed by atoms with Crippen molar-refractivity contribution in [1.82, 2.24) is 0 Å².